The number of nitrogens with zero attached hydrogens (tertiary/aromatic N) is 1. The van der Waals surface area contributed by atoms with Gasteiger partial charge in [-0.15, -0.1) is 6.58 Å². The van der Waals surface area contributed by atoms with Crippen molar-refractivity contribution >= 4 is 29.8 Å². The van der Waals surface area contributed by atoms with Gasteiger partial charge in [0.05, 0.1) is 4.90 Å². The van der Waals surface area contributed by atoms with E-state index in [0.29, 0.717) is 6.07 Å². The van der Waals surface area contributed by atoms with Crippen molar-refractivity contribution in [3.05, 3.63) is 36.7 Å². The minimum Gasteiger partial charge on any atom is -0.207 e. The molecule has 0 spiro atoms. The van der Waals surface area contributed by atoms with Crippen LogP contribution in [0.1, 0.15) is 6.92 Å². The maximum atomic E-state index is 13.9. The molecule has 0 radical (unpaired) electrons. The molecule has 0 saturated carbocycles. The fraction of sp³-hybridized carbons (Fsp3) is 0.273. The minimum absolute atomic E-state index is 0.0217. The van der Waals surface area contributed by atoms with Crippen LogP contribution in [-0.4, -0.2) is 34.2 Å². The van der Waals surface area contributed by atoms with Gasteiger partial charge in [-0.05, 0) is 18.2 Å². The fourth-order valence-electron chi connectivity index (χ4n) is 1.52. The Hall–Kier alpha value is -0.960. The molecule has 1 aromatic rings. The van der Waals surface area contributed by atoms with Gasteiger partial charge in [0.25, 0.3) is 9.05 Å². The largest absolute Gasteiger partial charge is 0.261 e. The zero-order chi connectivity index (χ0) is 15.6. The Bertz CT molecular complexity index is 716. The highest BCUT2D eigenvalue weighted by Gasteiger charge is 2.26. The lowest BCUT2D eigenvalue weighted by Crippen LogP contribution is -2.31. The Morgan fingerprint density at radius 2 is 1.95 bits per heavy atom. The Kier molecular flexibility index (Phi) is 5.31. The molecule has 0 aliphatic heterocycles. The highest BCUT2D eigenvalue weighted by Crippen LogP contribution is 2.23. The zero-order valence-corrected chi connectivity index (χ0v) is 13.0. The molecule has 0 heterocycles. The van der Waals surface area contributed by atoms with Crippen LogP contribution in [0, 0.1) is 5.82 Å². The monoisotopic (exact) mass is 341 g/mol. The lowest BCUT2D eigenvalue weighted by Gasteiger charge is -2.19. The number of rotatable bonds is 6. The van der Waals surface area contributed by atoms with Crippen molar-refractivity contribution in [3.63, 3.8) is 0 Å². The third-order valence-corrected chi connectivity index (χ3v) is 5.81. The first-order chi connectivity index (χ1) is 9.14. The molecule has 0 bridgehead atoms. The Morgan fingerprint density at radius 1 is 1.35 bits per heavy atom. The van der Waals surface area contributed by atoms with Crippen LogP contribution in [0.2, 0.25) is 0 Å². The molecule has 0 aliphatic carbocycles. The smallest absolute Gasteiger partial charge is 0.207 e. The molecule has 112 valence electrons. The molecule has 9 heteroatoms. The zero-order valence-electron chi connectivity index (χ0n) is 10.6. The highest BCUT2D eigenvalue weighted by molar-refractivity contribution is 8.13. The molecule has 1 rings (SSSR count). The van der Waals surface area contributed by atoms with Gasteiger partial charge in [-0.1, -0.05) is 13.0 Å². The SMILES string of the molecule is C=CCN(CC)S(=O)(=O)c1ccc(S(=O)(=O)Cl)cc1F. The topological polar surface area (TPSA) is 71.5 Å². The molecule has 0 atom stereocenters. The molecule has 0 N–H and O–H groups in total. The van der Waals surface area contributed by atoms with Crippen LogP contribution in [0.4, 0.5) is 4.39 Å². The number of sulfonamides is 1. The van der Waals surface area contributed by atoms with E-state index in [0.717, 1.165) is 16.4 Å². The minimum atomic E-state index is -4.12. The Labute approximate surface area is 122 Å². The van der Waals surface area contributed by atoms with Crippen LogP contribution in [0.5, 0.6) is 0 Å². The predicted octanol–water partition coefficient (Wildman–Crippen LogP) is 1.95. The van der Waals surface area contributed by atoms with Crippen LogP contribution in [-0.2, 0) is 19.1 Å². The van der Waals surface area contributed by atoms with E-state index in [1.165, 1.54) is 6.08 Å². The predicted molar refractivity (Wildman–Crippen MR) is 74.1 cm³/mol. The molecule has 0 amide bonds. The summed E-state index contributed by atoms with van der Waals surface area (Å²) in [6.45, 7) is 5.17. The van der Waals surface area contributed by atoms with Crippen molar-refractivity contribution in [1.82, 2.24) is 4.31 Å². The van der Waals surface area contributed by atoms with E-state index in [9.17, 15) is 21.2 Å². The van der Waals surface area contributed by atoms with Crippen molar-refractivity contribution in [2.75, 3.05) is 13.1 Å². The number of hydrogen-bond acceptors (Lipinski definition) is 4. The summed E-state index contributed by atoms with van der Waals surface area (Å²) in [7, 11) is -3.10. The van der Waals surface area contributed by atoms with Crippen LogP contribution in [0.15, 0.2) is 40.6 Å². The summed E-state index contributed by atoms with van der Waals surface area (Å²) in [5.74, 6) is -1.17. The summed E-state index contributed by atoms with van der Waals surface area (Å²) < 4.78 is 61.4. The number of benzene rings is 1. The van der Waals surface area contributed by atoms with Crippen molar-refractivity contribution in [3.8, 4) is 0 Å². The lowest BCUT2D eigenvalue weighted by atomic mass is 10.3. The summed E-state index contributed by atoms with van der Waals surface area (Å²) >= 11 is 0. The Balaban J connectivity index is 3.37. The normalized spacial score (nSPS) is 12.6. The molecule has 0 aromatic heterocycles. The number of halogens is 2. The molecular formula is C11H13ClFNO4S2. The standard InChI is InChI=1S/C11H13ClFNO4S2/c1-3-7-14(4-2)20(17,18)11-6-5-9(8-10(11)13)19(12,15)16/h3,5-6,8H,1,4,7H2,2H3. The van der Waals surface area contributed by atoms with E-state index in [-0.39, 0.29) is 13.1 Å². The molecule has 0 fully saturated rings. The van der Waals surface area contributed by atoms with Gasteiger partial charge in [0.15, 0.2) is 0 Å². The van der Waals surface area contributed by atoms with E-state index >= 15 is 0 Å². The van der Waals surface area contributed by atoms with Crippen molar-refractivity contribution < 1.29 is 21.2 Å². The second kappa shape index (κ2) is 6.21. The van der Waals surface area contributed by atoms with Gasteiger partial charge in [0, 0.05) is 23.8 Å². The Morgan fingerprint density at radius 3 is 2.35 bits per heavy atom. The van der Waals surface area contributed by atoms with Crippen molar-refractivity contribution in [2.45, 2.75) is 16.7 Å². The number of likely N-dealkylation sites (N-methyl/N-ethyl adjacent to an activating group) is 1. The van der Waals surface area contributed by atoms with E-state index in [1.54, 1.807) is 6.92 Å². The van der Waals surface area contributed by atoms with E-state index in [1.807, 2.05) is 0 Å². The summed E-state index contributed by atoms with van der Waals surface area (Å²) in [5, 5.41) is 0. The lowest BCUT2D eigenvalue weighted by molar-refractivity contribution is 0.453. The van der Waals surface area contributed by atoms with Gasteiger partial charge in [0.1, 0.15) is 10.7 Å². The second-order valence-electron chi connectivity index (χ2n) is 3.77. The van der Waals surface area contributed by atoms with Gasteiger partial charge in [-0.25, -0.2) is 21.2 Å². The molecule has 5 nitrogen and oxygen atoms in total. The van der Waals surface area contributed by atoms with Gasteiger partial charge in [-0.2, -0.15) is 4.31 Å². The molecule has 1 aromatic carbocycles. The van der Waals surface area contributed by atoms with Gasteiger partial charge < -0.3 is 0 Å². The van der Waals surface area contributed by atoms with Crippen molar-refractivity contribution in [1.29, 1.82) is 0 Å². The van der Waals surface area contributed by atoms with E-state index in [2.05, 4.69) is 6.58 Å². The van der Waals surface area contributed by atoms with Crippen LogP contribution in [0.3, 0.4) is 0 Å². The molecule has 0 saturated heterocycles. The first kappa shape index (κ1) is 17.1. The quantitative estimate of drug-likeness (QED) is 0.585. The van der Waals surface area contributed by atoms with E-state index in [4.69, 9.17) is 10.7 Å². The second-order valence-corrected chi connectivity index (χ2v) is 8.25. The first-order valence-electron chi connectivity index (χ1n) is 5.49. The average molecular weight is 342 g/mol. The number of hydrogen-bond donors (Lipinski definition) is 0. The summed E-state index contributed by atoms with van der Waals surface area (Å²) in [5.41, 5.74) is 0. The first-order valence-corrected chi connectivity index (χ1v) is 9.24. The van der Waals surface area contributed by atoms with Gasteiger partial charge in [0.2, 0.25) is 10.0 Å². The maximum absolute atomic E-state index is 13.9. The molecule has 0 aliphatic rings. The molecule has 20 heavy (non-hydrogen) atoms. The molecular weight excluding hydrogens is 329 g/mol. The van der Waals surface area contributed by atoms with Gasteiger partial charge in [-0.3, -0.25) is 0 Å². The van der Waals surface area contributed by atoms with Crippen LogP contribution in [0.25, 0.3) is 0 Å². The maximum Gasteiger partial charge on any atom is 0.261 e. The van der Waals surface area contributed by atoms with E-state index < -0.39 is 34.7 Å². The third-order valence-electron chi connectivity index (χ3n) is 2.49. The van der Waals surface area contributed by atoms with Gasteiger partial charge >= 0.3 is 0 Å². The fourth-order valence-corrected chi connectivity index (χ4v) is 3.75. The van der Waals surface area contributed by atoms with Crippen LogP contribution >= 0.6 is 10.7 Å². The average Bonchev–Trinajstić information content (AvgIpc) is 2.34. The van der Waals surface area contributed by atoms with Crippen molar-refractivity contribution in [2.24, 2.45) is 0 Å². The summed E-state index contributed by atoms with van der Waals surface area (Å²) in [6, 6.07) is 2.41. The summed E-state index contributed by atoms with van der Waals surface area (Å²) in [4.78, 5) is -1.10. The molecule has 0 unspecified atom stereocenters. The highest BCUT2D eigenvalue weighted by atomic mass is 35.7. The van der Waals surface area contributed by atoms with Crippen LogP contribution < -0.4 is 0 Å². The third kappa shape index (κ3) is 3.57. The summed E-state index contributed by atoms with van der Waals surface area (Å²) in [6.07, 6.45) is 1.37.